The number of fused-ring (bicyclic) bond motifs is 2. The van der Waals surface area contributed by atoms with Crippen LogP contribution in [0, 0.1) is 0 Å². The fraction of sp³-hybridized carbons (Fsp3) is 0.440. The van der Waals surface area contributed by atoms with Gasteiger partial charge in [0.25, 0.3) is 0 Å². The highest BCUT2D eigenvalue weighted by Gasteiger charge is 2.28. The second kappa shape index (κ2) is 9.41. The van der Waals surface area contributed by atoms with Crippen molar-refractivity contribution >= 4 is 23.2 Å². The van der Waals surface area contributed by atoms with Crippen LogP contribution < -0.4 is 15.0 Å². The zero-order valence-electron chi connectivity index (χ0n) is 18.4. The first-order valence-corrected chi connectivity index (χ1v) is 11.2. The lowest BCUT2D eigenvalue weighted by Crippen LogP contribution is -2.43. The molecule has 0 saturated heterocycles. The fourth-order valence-electron chi connectivity index (χ4n) is 4.49. The topological polar surface area (TPSA) is 61.9 Å². The van der Waals surface area contributed by atoms with Crippen LogP contribution in [0.15, 0.2) is 42.5 Å². The summed E-state index contributed by atoms with van der Waals surface area (Å²) in [5.74, 6) is 1.04. The summed E-state index contributed by atoms with van der Waals surface area (Å²) in [6.45, 7) is 4.16. The number of anilines is 2. The highest BCUT2D eigenvalue weighted by Crippen LogP contribution is 2.28. The molecule has 2 amide bonds. The number of benzene rings is 2. The zero-order chi connectivity index (χ0) is 21.8. The van der Waals surface area contributed by atoms with Gasteiger partial charge in [-0.15, -0.1) is 0 Å². The molecular formula is C25H31N3O3. The van der Waals surface area contributed by atoms with Gasteiger partial charge in [-0.2, -0.15) is 0 Å². The molecule has 0 radical (unpaired) electrons. The van der Waals surface area contributed by atoms with E-state index in [2.05, 4.69) is 42.4 Å². The van der Waals surface area contributed by atoms with Crippen molar-refractivity contribution < 1.29 is 14.3 Å². The lowest BCUT2D eigenvalue weighted by atomic mass is 10.0. The number of carbonyl (C=O) groups is 2. The Hall–Kier alpha value is -3.02. The van der Waals surface area contributed by atoms with Gasteiger partial charge in [0.2, 0.25) is 11.8 Å². The van der Waals surface area contributed by atoms with Crippen LogP contribution in [0.3, 0.4) is 0 Å². The summed E-state index contributed by atoms with van der Waals surface area (Å²) in [6.07, 6.45) is 3.34. The standard InChI is InChI=1S/C25H31N3O3/c1-3-20-17-27(2)23-8-5-4-7-19(23)16-28(20)25(30)9-6-14-31-21-11-12-22-18(15-21)10-13-24(29)26-22/h4-5,7-8,11-12,15,20H,3,6,9-10,13-14,16-17H2,1-2H3,(H,26,29)/t20-/m1/s1. The molecule has 4 rings (SSSR count). The molecule has 0 unspecified atom stereocenters. The van der Waals surface area contributed by atoms with Gasteiger partial charge in [-0.3, -0.25) is 9.59 Å². The molecule has 1 N–H and O–H groups in total. The summed E-state index contributed by atoms with van der Waals surface area (Å²) in [6, 6.07) is 14.3. The van der Waals surface area contributed by atoms with E-state index >= 15 is 0 Å². The molecule has 0 bridgehead atoms. The molecule has 0 saturated carbocycles. The summed E-state index contributed by atoms with van der Waals surface area (Å²) < 4.78 is 5.90. The maximum Gasteiger partial charge on any atom is 0.224 e. The van der Waals surface area contributed by atoms with E-state index in [4.69, 9.17) is 4.74 Å². The molecule has 0 aromatic heterocycles. The Morgan fingerprint density at radius 3 is 2.84 bits per heavy atom. The van der Waals surface area contributed by atoms with Crippen LogP contribution >= 0.6 is 0 Å². The number of carbonyl (C=O) groups excluding carboxylic acids is 2. The Labute approximate surface area is 184 Å². The Balaban J connectivity index is 1.32. The van der Waals surface area contributed by atoms with Gasteiger partial charge in [-0.25, -0.2) is 0 Å². The third-order valence-electron chi connectivity index (χ3n) is 6.24. The smallest absolute Gasteiger partial charge is 0.224 e. The van der Waals surface area contributed by atoms with E-state index in [1.54, 1.807) is 0 Å². The van der Waals surface area contributed by atoms with Gasteiger partial charge in [0, 0.05) is 50.4 Å². The Kier molecular flexibility index (Phi) is 6.44. The quantitative estimate of drug-likeness (QED) is 0.717. The van der Waals surface area contributed by atoms with Gasteiger partial charge in [-0.05, 0) is 54.7 Å². The largest absolute Gasteiger partial charge is 0.494 e. The van der Waals surface area contributed by atoms with Gasteiger partial charge >= 0.3 is 0 Å². The van der Waals surface area contributed by atoms with Crippen LogP contribution in [-0.2, 0) is 22.6 Å². The molecule has 2 aromatic rings. The molecule has 0 fully saturated rings. The van der Waals surface area contributed by atoms with Crippen molar-refractivity contribution in [3.05, 3.63) is 53.6 Å². The average Bonchev–Trinajstić information content (AvgIpc) is 2.93. The number of rotatable bonds is 6. The second-order valence-corrected chi connectivity index (χ2v) is 8.41. The first-order chi connectivity index (χ1) is 15.0. The monoisotopic (exact) mass is 421 g/mol. The highest BCUT2D eigenvalue weighted by molar-refractivity contribution is 5.94. The Morgan fingerprint density at radius 2 is 2.00 bits per heavy atom. The molecule has 6 heteroatoms. The molecule has 2 aliphatic heterocycles. The van der Waals surface area contributed by atoms with Crippen LogP contribution in [0.25, 0.3) is 0 Å². The number of para-hydroxylation sites is 1. The average molecular weight is 422 g/mol. The van der Waals surface area contributed by atoms with E-state index in [0.717, 1.165) is 36.4 Å². The van der Waals surface area contributed by atoms with Crippen LogP contribution in [-0.4, -0.2) is 43.0 Å². The third-order valence-corrected chi connectivity index (χ3v) is 6.24. The highest BCUT2D eigenvalue weighted by atomic mass is 16.5. The lowest BCUT2D eigenvalue weighted by molar-refractivity contribution is -0.134. The molecule has 6 nitrogen and oxygen atoms in total. The van der Waals surface area contributed by atoms with Crippen LogP contribution in [0.2, 0.25) is 0 Å². The first-order valence-electron chi connectivity index (χ1n) is 11.2. The second-order valence-electron chi connectivity index (χ2n) is 8.41. The van der Waals surface area contributed by atoms with E-state index in [1.807, 2.05) is 29.2 Å². The number of likely N-dealkylation sites (N-methyl/N-ethyl adjacent to an activating group) is 1. The maximum absolute atomic E-state index is 13.1. The van der Waals surface area contributed by atoms with Crippen molar-refractivity contribution in [1.82, 2.24) is 4.90 Å². The van der Waals surface area contributed by atoms with Crippen LogP contribution in [0.4, 0.5) is 11.4 Å². The number of ether oxygens (including phenoxy) is 1. The summed E-state index contributed by atoms with van der Waals surface area (Å²) in [7, 11) is 2.10. The van der Waals surface area contributed by atoms with Gasteiger partial charge in [0.05, 0.1) is 6.61 Å². The van der Waals surface area contributed by atoms with Crippen LogP contribution in [0.1, 0.15) is 43.7 Å². The predicted molar refractivity (Wildman–Crippen MR) is 122 cm³/mol. The normalized spacial score (nSPS) is 18.0. The third kappa shape index (κ3) is 4.84. The summed E-state index contributed by atoms with van der Waals surface area (Å²) in [5.41, 5.74) is 4.39. The molecule has 2 heterocycles. The minimum atomic E-state index is 0.0624. The van der Waals surface area contributed by atoms with E-state index < -0.39 is 0 Å². The molecule has 2 aromatic carbocycles. The SMILES string of the molecule is CC[C@@H]1CN(C)c2ccccc2CN1C(=O)CCCOc1ccc2c(c1)CCC(=O)N2. The van der Waals surface area contributed by atoms with E-state index in [-0.39, 0.29) is 17.9 Å². The number of amides is 2. The molecule has 2 aliphatic rings. The number of nitrogens with zero attached hydrogens (tertiary/aromatic N) is 2. The van der Waals surface area contributed by atoms with Gasteiger partial charge in [0.1, 0.15) is 5.75 Å². The number of hydrogen-bond acceptors (Lipinski definition) is 4. The van der Waals surface area contributed by atoms with Crippen LogP contribution in [0.5, 0.6) is 5.75 Å². The van der Waals surface area contributed by atoms with Gasteiger partial charge in [0.15, 0.2) is 0 Å². The minimum Gasteiger partial charge on any atom is -0.494 e. The van der Waals surface area contributed by atoms with Gasteiger partial charge < -0.3 is 19.9 Å². The Bertz CT molecular complexity index is 959. The molecule has 0 spiro atoms. The molecule has 0 aliphatic carbocycles. The first kappa shape index (κ1) is 21.2. The van der Waals surface area contributed by atoms with E-state index in [1.165, 1.54) is 11.3 Å². The number of nitrogens with one attached hydrogen (secondary N) is 1. The molecule has 164 valence electrons. The minimum absolute atomic E-state index is 0.0624. The molecule has 1 atom stereocenters. The summed E-state index contributed by atoms with van der Waals surface area (Å²) in [4.78, 5) is 28.9. The number of hydrogen-bond donors (Lipinski definition) is 1. The van der Waals surface area contributed by atoms with Crippen molar-refractivity contribution in [1.29, 1.82) is 0 Å². The number of aryl methyl sites for hydroxylation is 1. The fourth-order valence-corrected chi connectivity index (χ4v) is 4.49. The summed E-state index contributed by atoms with van der Waals surface area (Å²) in [5, 5.41) is 2.88. The summed E-state index contributed by atoms with van der Waals surface area (Å²) >= 11 is 0. The van der Waals surface area contributed by atoms with E-state index in [0.29, 0.717) is 32.4 Å². The zero-order valence-corrected chi connectivity index (χ0v) is 18.4. The van der Waals surface area contributed by atoms with Crippen molar-refractivity contribution in [3.8, 4) is 5.75 Å². The molecular weight excluding hydrogens is 390 g/mol. The predicted octanol–water partition coefficient (Wildman–Crippen LogP) is 3.99. The van der Waals surface area contributed by atoms with Crippen molar-refractivity contribution in [3.63, 3.8) is 0 Å². The van der Waals surface area contributed by atoms with E-state index in [9.17, 15) is 9.59 Å². The molecule has 31 heavy (non-hydrogen) atoms. The lowest BCUT2D eigenvalue weighted by Gasteiger charge is -2.30. The van der Waals surface area contributed by atoms with Crippen molar-refractivity contribution in [2.45, 2.75) is 51.6 Å². The maximum atomic E-state index is 13.1. The van der Waals surface area contributed by atoms with Crippen molar-refractivity contribution in [2.75, 3.05) is 30.4 Å². The Morgan fingerprint density at radius 1 is 1.16 bits per heavy atom. The van der Waals surface area contributed by atoms with Crippen molar-refractivity contribution in [2.24, 2.45) is 0 Å². The van der Waals surface area contributed by atoms with Gasteiger partial charge in [-0.1, -0.05) is 25.1 Å².